The molecule has 1 aliphatic carbocycles. The molecule has 0 bridgehead atoms. The molecule has 0 radical (unpaired) electrons. The summed E-state index contributed by atoms with van der Waals surface area (Å²) >= 11 is 6.09. The van der Waals surface area contributed by atoms with Gasteiger partial charge in [0.05, 0.1) is 5.54 Å². The first-order valence-corrected chi connectivity index (χ1v) is 8.87. The first-order chi connectivity index (χ1) is 11.4. The minimum atomic E-state index is -0.707. The van der Waals surface area contributed by atoms with Gasteiger partial charge in [-0.25, -0.2) is 0 Å². The van der Waals surface area contributed by atoms with Gasteiger partial charge >= 0.3 is 0 Å². The molecule has 5 heteroatoms. The average Bonchev–Trinajstić information content (AvgIpc) is 2.74. The molecule has 1 unspecified atom stereocenters. The summed E-state index contributed by atoms with van der Waals surface area (Å²) in [6, 6.07) is 3.65. The third kappa shape index (κ3) is 2.86. The molecule has 1 aromatic rings. The summed E-state index contributed by atoms with van der Waals surface area (Å²) in [7, 11) is 1.70. The van der Waals surface area contributed by atoms with E-state index in [-0.39, 0.29) is 11.7 Å². The zero-order valence-corrected chi connectivity index (χ0v) is 15.2. The van der Waals surface area contributed by atoms with Crippen LogP contribution in [0.1, 0.15) is 48.3 Å². The van der Waals surface area contributed by atoms with Crippen molar-refractivity contribution in [2.75, 3.05) is 13.7 Å². The molecule has 2 aliphatic rings. The van der Waals surface area contributed by atoms with E-state index in [0.717, 1.165) is 36.1 Å². The molecule has 2 fully saturated rings. The van der Waals surface area contributed by atoms with E-state index in [9.17, 15) is 9.59 Å². The van der Waals surface area contributed by atoms with Crippen molar-refractivity contribution in [2.24, 2.45) is 5.92 Å². The van der Waals surface area contributed by atoms with Gasteiger partial charge in [-0.2, -0.15) is 0 Å². The Bertz CT molecular complexity index is 654. The van der Waals surface area contributed by atoms with Gasteiger partial charge in [0.25, 0.3) is 0 Å². The Labute approximate surface area is 147 Å². The largest absolute Gasteiger partial charge is 0.384 e. The van der Waals surface area contributed by atoms with E-state index in [2.05, 4.69) is 5.32 Å². The fourth-order valence-electron chi connectivity index (χ4n) is 4.35. The highest BCUT2D eigenvalue weighted by Gasteiger charge is 2.54. The Hall–Kier alpha value is -1.39. The number of ketones is 1. The van der Waals surface area contributed by atoms with E-state index in [0.29, 0.717) is 23.8 Å². The van der Waals surface area contributed by atoms with Gasteiger partial charge in [-0.1, -0.05) is 11.6 Å². The minimum absolute atomic E-state index is 0.0249. The number of nitrogens with one attached hydrogen (secondary N) is 1. The van der Waals surface area contributed by atoms with E-state index >= 15 is 0 Å². The molecular weight excluding hydrogens is 326 g/mol. The van der Waals surface area contributed by atoms with Gasteiger partial charge in [0.1, 0.15) is 5.92 Å². The Kier molecular flexibility index (Phi) is 4.71. The molecule has 1 saturated heterocycles. The molecule has 130 valence electrons. The summed E-state index contributed by atoms with van der Waals surface area (Å²) in [5.74, 6) is -0.375. The predicted octanol–water partition coefficient (Wildman–Crippen LogP) is 3.31. The van der Waals surface area contributed by atoms with Crippen molar-refractivity contribution in [3.8, 4) is 0 Å². The highest BCUT2D eigenvalue weighted by Crippen LogP contribution is 2.42. The summed E-state index contributed by atoms with van der Waals surface area (Å²) < 4.78 is 5.23. The van der Waals surface area contributed by atoms with Crippen LogP contribution in [0.3, 0.4) is 0 Å². The Morgan fingerprint density at radius 1 is 1.21 bits per heavy atom. The summed E-state index contributed by atoms with van der Waals surface area (Å²) in [6.07, 6.45) is 3.22. The normalized spacial score (nSPS) is 30.0. The van der Waals surface area contributed by atoms with Crippen molar-refractivity contribution in [3.05, 3.63) is 33.8 Å². The average molecular weight is 350 g/mol. The number of Topliss-reactive ketones (excluding diaryl/α,β-unsaturated/α-hetero) is 1. The van der Waals surface area contributed by atoms with Crippen molar-refractivity contribution >= 4 is 23.3 Å². The van der Waals surface area contributed by atoms with E-state index in [4.69, 9.17) is 16.3 Å². The molecule has 4 nitrogen and oxygen atoms in total. The summed E-state index contributed by atoms with van der Waals surface area (Å²) in [6.45, 7) is 4.54. The first kappa shape index (κ1) is 17.4. The van der Waals surface area contributed by atoms with E-state index < -0.39 is 11.5 Å². The molecule has 24 heavy (non-hydrogen) atoms. The van der Waals surface area contributed by atoms with Crippen molar-refractivity contribution in [1.82, 2.24) is 5.32 Å². The maximum Gasteiger partial charge on any atom is 0.235 e. The van der Waals surface area contributed by atoms with Crippen LogP contribution < -0.4 is 5.32 Å². The number of hydrogen-bond donors (Lipinski definition) is 1. The zero-order valence-electron chi connectivity index (χ0n) is 14.4. The quantitative estimate of drug-likeness (QED) is 0.852. The molecule has 0 aromatic heterocycles. The van der Waals surface area contributed by atoms with Crippen LogP contribution in [0, 0.1) is 19.8 Å². The number of carbonyl (C=O) groups excluding carboxylic acids is 2. The number of hydrogen-bond acceptors (Lipinski definition) is 3. The van der Waals surface area contributed by atoms with Gasteiger partial charge in [-0.3, -0.25) is 9.59 Å². The number of benzene rings is 1. The fraction of sp³-hybridized carbons (Fsp3) is 0.579. The Morgan fingerprint density at radius 2 is 1.79 bits per heavy atom. The van der Waals surface area contributed by atoms with Crippen molar-refractivity contribution in [3.63, 3.8) is 0 Å². The van der Waals surface area contributed by atoms with Gasteiger partial charge in [-0.05, 0) is 74.3 Å². The number of halogens is 1. The topological polar surface area (TPSA) is 55.4 Å². The Balaban J connectivity index is 1.88. The molecule has 1 aliphatic heterocycles. The molecule has 1 aromatic carbocycles. The summed E-state index contributed by atoms with van der Waals surface area (Å²) in [5, 5.41) is 3.67. The van der Waals surface area contributed by atoms with Gasteiger partial charge in [0.15, 0.2) is 5.78 Å². The van der Waals surface area contributed by atoms with Crippen LogP contribution in [0.25, 0.3) is 0 Å². The number of ether oxygens (including phenoxy) is 1. The molecule has 1 atom stereocenters. The maximum atomic E-state index is 13.2. The standard InChI is InChI=1S/C19H24ClNO3/c1-11-8-14(20)9-12(2)15(11)16-17(22)19(21-18(16)23)6-4-13(5-7-19)10-24-3/h8-9,13,16H,4-7,10H2,1-3H3,(H,21,23). The lowest BCUT2D eigenvalue weighted by Crippen LogP contribution is -2.49. The third-order valence-electron chi connectivity index (χ3n) is 5.57. The second kappa shape index (κ2) is 6.49. The monoisotopic (exact) mass is 349 g/mol. The molecular formula is C19H24ClNO3. The SMILES string of the molecule is COCC1CCC2(CC1)NC(=O)C(c1c(C)cc(Cl)cc1C)C2=O. The van der Waals surface area contributed by atoms with Crippen LogP contribution in [0.15, 0.2) is 12.1 Å². The number of aryl methyl sites for hydroxylation is 2. The molecule has 1 heterocycles. The third-order valence-corrected chi connectivity index (χ3v) is 5.78. The lowest BCUT2D eigenvalue weighted by Gasteiger charge is -2.35. The molecule has 1 amide bonds. The Morgan fingerprint density at radius 3 is 2.33 bits per heavy atom. The van der Waals surface area contributed by atoms with Crippen molar-refractivity contribution in [1.29, 1.82) is 0 Å². The second-order valence-electron chi connectivity index (χ2n) is 7.22. The van der Waals surface area contributed by atoms with Crippen LogP contribution in [0.5, 0.6) is 0 Å². The van der Waals surface area contributed by atoms with Crippen molar-refractivity contribution in [2.45, 2.75) is 51.0 Å². The van der Waals surface area contributed by atoms with E-state index in [1.54, 1.807) is 7.11 Å². The molecule has 1 spiro atoms. The fourth-order valence-corrected chi connectivity index (χ4v) is 4.68. The number of rotatable bonds is 3. The summed E-state index contributed by atoms with van der Waals surface area (Å²) in [4.78, 5) is 25.9. The molecule has 1 saturated carbocycles. The zero-order chi connectivity index (χ0) is 17.5. The lowest BCUT2D eigenvalue weighted by molar-refractivity contribution is -0.126. The van der Waals surface area contributed by atoms with E-state index in [1.807, 2.05) is 26.0 Å². The van der Waals surface area contributed by atoms with Crippen LogP contribution in [0.2, 0.25) is 5.02 Å². The van der Waals surface area contributed by atoms with Gasteiger partial charge in [0, 0.05) is 18.7 Å². The smallest absolute Gasteiger partial charge is 0.235 e. The molecule has 1 N–H and O–H groups in total. The maximum absolute atomic E-state index is 13.2. The van der Waals surface area contributed by atoms with Crippen LogP contribution >= 0.6 is 11.6 Å². The highest BCUT2D eigenvalue weighted by atomic mass is 35.5. The van der Waals surface area contributed by atoms with Crippen LogP contribution in [0.4, 0.5) is 0 Å². The number of methoxy groups -OCH3 is 1. The minimum Gasteiger partial charge on any atom is -0.384 e. The predicted molar refractivity (Wildman–Crippen MR) is 93.4 cm³/mol. The first-order valence-electron chi connectivity index (χ1n) is 8.50. The van der Waals surface area contributed by atoms with E-state index in [1.165, 1.54) is 0 Å². The molecule has 3 rings (SSSR count). The van der Waals surface area contributed by atoms with Gasteiger partial charge in [0.2, 0.25) is 5.91 Å². The lowest BCUT2D eigenvalue weighted by atomic mass is 9.73. The van der Waals surface area contributed by atoms with Crippen molar-refractivity contribution < 1.29 is 14.3 Å². The van der Waals surface area contributed by atoms with Crippen LogP contribution in [-0.2, 0) is 14.3 Å². The second-order valence-corrected chi connectivity index (χ2v) is 7.66. The number of amides is 1. The highest BCUT2D eigenvalue weighted by molar-refractivity contribution is 6.30. The van der Waals surface area contributed by atoms with Gasteiger partial charge < -0.3 is 10.1 Å². The van der Waals surface area contributed by atoms with Crippen LogP contribution in [-0.4, -0.2) is 30.9 Å². The number of carbonyl (C=O) groups is 2. The van der Waals surface area contributed by atoms with Gasteiger partial charge in [-0.15, -0.1) is 0 Å². The summed E-state index contributed by atoms with van der Waals surface area (Å²) in [5.41, 5.74) is 1.93.